The molecule has 2 aliphatic rings. The van der Waals surface area contributed by atoms with Gasteiger partial charge in [-0.2, -0.15) is 4.31 Å². The Kier molecular flexibility index (Phi) is 7.44. The normalized spacial score (nSPS) is 26.1. The molecule has 0 saturated carbocycles. The molecule has 0 aromatic heterocycles. The van der Waals surface area contributed by atoms with Gasteiger partial charge in [0.25, 0.3) is 0 Å². The summed E-state index contributed by atoms with van der Waals surface area (Å²) < 4.78 is 47.1. The average Bonchev–Trinajstić information content (AvgIpc) is 2.76. The molecule has 0 spiro atoms. The number of sulfonamides is 1. The zero-order chi connectivity index (χ0) is 23.6. The summed E-state index contributed by atoms with van der Waals surface area (Å²) in [5, 5.41) is -0.422. The number of halogens is 1. The van der Waals surface area contributed by atoms with E-state index in [4.69, 9.17) is 4.74 Å². The van der Waals surface area contributed by atoms with E-state index in [-0.39, 0.29) is 25.0 Å². The molecular formula is C22H32FN3O5S. The number of benzene rings is 1. The van der Waals surface area contributed by atoms with Crippen LogP contribution in [0.5, 0.6) is 0 Å². The third-order valence-corrected chi connectivity index (χ3v) is 9.14. The van der Waals surface area contributed by atoms with Crippen molar-refractivity contribution < 1.29 is 27.1 Å². The van der Waals surface area contributed by atoms with Crippen LogP contribution in [0.25, 0.3) is 0 Å². The van der Waals surface area contributed by atoms with Crippen LogP contribution in [-0.2, 0) is 30.9 Å². The number of carbonyl (C=O) groups excluding carboxylic acids is 2. The Morgan fingerprint density at radius 1 is 1.22 bits per heavy atom. The molecule has 0 radical (unpaired) electrons. The lowest BCUT2D eigenvalue weighted by molar-refractivity contribution is -0.152. The smallest absolute Gasteiger partial charge is 0.330 e. The van der Waals surface area contributed by atoms with Gasteiger partial charge in [-0.05, 0) is 38.3 Å². The molecule has 0 N–H and O–H groups in total. The van der Waals surface area contributed by atoms with E-state index in [1.807, 2.05) is 18.7 Å². The van der Waals surface area contributed by atoms with Crippen molar-refractivity contribution in [2.24, 2.45) is 0 Å². The van der Waals surface area contributed by atoms with Crippen LogP contribution in [0.15, 0.2) is 18.2 Å². The zero-order valence-corrected chi connectivity index (χ0v) is 19.9. The highest BCUT2D eigenvalue weighted by Gasteiger charge is 2.39. The minimum absolute atomic E-state index is 0.00495. The molecule has 1 unspecified atom stereocenters. The van der Waals surface area contributed by atoms with Gasteiger partial charge in [-0.3, -0.25) is 4.79 Å². The summed E-state index contributed by atoms with van der Waals surface area (Å²) in [7, 11) is -2.21. The molecule has 1 amide bonds. The van der Waals surface area contributed by atoms with E-state index in [0.29, 0.717) is 37.2 Å². The van der Waals surface area contributed by atoms with Crippen LogP contribution in [0.4, 0.5) is 10.1 Å². The fraction of sp³-hybridized carbons (Fsp3) is 0.636. The number of piperazine rings is 1. The summed E-state index contributed by atoms with van der Waals surface area (Å²) in [6.45, 7) is 6.08. The first-order valence-corrected chi connectivity index (χ1v) is 12.5. The first-order valence-electron chi connectivity index (χ1n) is 11.0. The van der Waals surface area contributed by atoms with Crippen LogP contribution in [0.2, 0.25) is 0 Å². The van der Waals surface area contributed by atoms with Gasteiger partial charge >= 0.3 is 5.97 Å². The van der Waals surface area contributed by atoms with Gasteiger partial charge < -0.3 is 14.5 Å². The Morgan fingerprint density at radius 2 is 1.94 bits per heavy atom. The van der Waals surface area contributed by atoms with E-state index in [0.717, 1.165) is 6.42 Å². The number of esters is 1. The molecule has 2 fully saturated rings. The molecule has 0 aliphatic carbocycles. The fourth-order valence-corrected chi connectivity index (χ4v) is 6.75. The number of amides is 1. The van der Waals surface area contributed by atoms with Crippen molar-refractivity contribution >= 4 is 27.6 Å². The van der Waals surface area contributed by atoms with Gasteiger partial charge in [0.2, 0.25) is 15.9 Å². The minimum Gasteiger partial charge on any atom is -0.467 e. The molecule has 10 heteroatoms. The first-order chi connectivity index (χ1) is 15.1. The van der Waals surface area contributed by atoms with Gasteiger partial charge in [-0.25, -0.2) is 17.6 Å². The largest absolute Gasteiger partial charge is 0.467 e. The van der Waals surface area contributed by atoms with Crippen LogP contribution in [0, 0.1) is 5.82 Å². The molecule has 32 heavy (non-hydrogen) atoms. The Hall–Kier alpha value is -2.20. The van der Waals surface area contributed by atoms with Gasteiger partial charge in [0.05, 0.1) is 12.4 Å². The van der Waals surface area contributed by atoms with Gasteiger partial charge in [-0.15, -0.1) is 0 Å². The Morgan fingerprint density at radius 3 is 2.53 bits per heavy atom. The summed E-state index contributed by atoms with van der Waals surface area (Å²) in [5.41, 5.74) is 0.886. The van der Waals surface area contributed by atoms with Crippen molar-refractivity contribution in [2.75, 3.05) is 31.6 Å². The van der Waals surface area contributed by atoms with Crippen LogP contribution in [-0.4, -0.2) is 73.6 Å². The highest BCUT2D eigenvalue weighted by molar-refractivity contribution is 7.89. The van der Waals surface area contributed by atoms with Gasteiger partial charge in [0.15, 0.2) is 0 Å². The number of nitrogens with zero attached hydrogens (tertiary/aromatic N) is 3. The molecule has 0 bridgehead atoms. The van der Waals surface area contributed by atoms with E-state index in [9.17, 15) is 18.0 Å². The average molecular weight is 470 g/mol. The number of hydrogen-bond donors (Lipinski definition) is 0. The number of methoxy groups -OCH3 is 1. The Bertz CT molecular complexity index is 970. The van der Waals surface area contributed by atoms with Crippen molar-refractivity contribution in [3.05, 3.63) is 29.6 Å². The molecule has 8 nitrogen and oxygen atoms in total. The number of anilines is 1. The quantitative estimate of drug-likeness (QED) is 0.614. The lowest BCUT2D eigenvalue weighted by atomic mass is 10.1. The summed E-state index contributed by atoms with van der Waals surface area (Å²) >= 11 is 0. The van der Waals surface area contributed by atoms with E-state index in [1.165, 1.54) is 29.3 Å². The maximum atomic E-state index is 15.0. The molecule has 2 heterocycles. The topological polar surface area (TPSA) is 87.2 Å². The Labute approximate surface area is 189 Å². The molecule has 1 aromatic rings. The highest BCUT2D eigenvalue weighted by Crippen LogP contribution is 2.31. The number of hydrogen-bond acceptors (Lipinski definition) is 6. The predicted molar refractivity (Wildman–Crippen MR) is 119 cm³/mol. The second-order valence-electron chi connectivity index (χ2n) is 8.52. The van der Waals surface area contributed by atoms with Crippen molar-refractivity contribution in [2.45, 2.75) is 63.9 Å². The van der Waals surface area contributed by atoms with E-state index < -0.39 is 33.1 Å². The Balaban J connectivity index is 1.79. The van der Waals surface area contributed by atoms with Gasteiger partial charge in [-0.1, -0.05) is 13.0 Å². The second kappa shape index (κ2) is 9.74. The molecule has 3 rings (SSSR count). The maximum absolute atomic E-state index is 15.0. The highest BCUT2D eigenvalue weighted by atomic mass is 32.2. The molecule has 2 aliphatic heterocycles. The third-order valence-electron chi connectivity index (χ3n) is 6.59. The van der Waals surface area contributed by atoms with Crippen molar-refractivity contribution in [3.63, 3.8) is 0 Å². The van der Waals surface area contributed by atoms with E-state index >= 15 is 4.39 Å². The van der Waals surface area contributed by atoms with Crippen molar-refractivity contribution in [3.8, 4) is 0 Å². The maximum Gasteiger partial charge on any atom is 0.330 e. The summed E-state index contributed by atoms with van der Waals surface area (Å²) in [5.74, 6) is -1.23. The standard InChI is InChI=1S/C22H32FN3O5S/c1-5-19-9-6-15(2)26(32(19,29)30)13-17-7-8-18(12-20(17)23)24-10-11-25(16(3)27)21(14-24)22(28)31-4/h7-8,12,15,19,21H,5-6,9-11,13-14H2,1-4H3/t15-,19?,21-/m0/s1. The van der Waals surface area contributed by atoms with E-state index in [1.54, 1.807) is 12.1 Å². The van der Waals surface area contributed by atoms with Crippen molar-refractivity contribution in [1.29, 1.82) is 0 Å². The lowest BCUT2D eigenvalue weighted by Crippen LogP contribution is -2.58. The zero-order valence-electron chi connectivity index (χ0n) is 19.1. The minimum atomic E-state index is -3.48. The molecule has 3 atom stereocenters. The monoisotopic (exact) mass is 469 g/mol. The van der Waals surface area contributed by atoms with E-state index in [2.05, 4.69) is 0 Å². The molecular weight excluding hydrogens is 437 g/mol. The van der Waals surface area contributed by atoms with Crippen molar-refractivity contribution in [1.82, 2.24) is 9.21 Å². The summed E-state index contributed by atoms with van der Waals surface area (Å²) in [6, 6.07) is 3.76. The summed E-state index contributed by atoms with van der Waals surface area (Å²) in [6.07, 6.45) is 1.93. The van der Waals surface area contributed by atoms with Crippen LogP contribution in [0.1, 0.15) is 45.6 Å². The second-order valence-corrected chi connectivity index (χ2v) is 10.7. The van der Waals surface area contributed by atoms with Crippen LogP contribution in [0.3, 0.4) is 0 Å². The third kappa shape index (κ3) is 4.76. The first kappa shape index (κ1) is 24.4. The molecule has 1 aromatic carbocycles. The lowest BCUT2D eigenvalue weighted by Gasteiger charge is -2.40. The summed E-state index contributed by atoms with van der Waals surface area (Å²) in [4.78, 5) is 27.3. The van der Waals surface area contributed by atoms with Gasteiger partial charge in [0.1, 0.15) is 11.9 Å². The fourth-order valence-electron chi connectivity index (χ4n) is 4.58. The number of rotatable bonds is 5. The SMILES string of the molecule is CCC1CC[C@H](C)N(Cc2ccc(N3CCN(C(C)=O)[C@H](C(=O)OC)C3)cc2F)S1(=O)=O. The van der Waals surface area contributed by atoms with Crippen LogP contribution >= 0.6 is 0 Å². The molecule has 178 valence electrons. The predicted octanol–water partition coefficient (Wildman–Crippen LogP) is 2.13. The number of ether oxygens (including phenoxy) is 1. The number of carbonyl (C=O) groups is 2. The molecule has 2 saturated heterocycles. The van der Waals surface area contributed by atoms with Crippen LogP contribution < -0.4 is 4.90 Å². The van der Waals surface area contributed by atoms with Gasteiger partial charge in [0, 0.05) is 50.4 Å².